The SMILES string of the molecule is CC(C)(N)C(=O)NC1CCN(Cc2ccccc2)C1.Cl.Cl. The molecule has 0 spiro atoms. The molecule has 1 aromatic rings. The number of nitrogens with two attached hydrogens (primary N) is 1. The van der Waals surface area contributed by atoms with Crippen LogP contribution in [0.1, 0.15) is 25.8 Å². The Hall–Kier alpha value is -0.810. The minimum absolute atomic E-state index is 0. The van der Waals surface area contributed by atoms with Crippen LogP contribution in [0.5, 0.6) is 0 Å². The minimum Gasteiger partial charge on any atom is -0.350 e. The lowest BCUT2D eigenvalue weighted by Crippen LogP contribution is -2.52. The first-order chi connectivity index (χ1) is 8.95. The normalized spacial score (nSPS) is 18.5. The van der Waals surface area contributed by atoms with Crippen LogP contribution in [0, 0.1) is 0 Å². The molecular weight excluding hydrogens is 309 g/mol. The van der Waals surface area contributed by atoms with E-state index in [0.717, 1.165) is 26.1 Å². The maximum absolute atomic E-state index is 11.8. The molecule has 1 fully saturated rings. The van der Waals surface area contributed by atoms with Crippen molar-refractivity contribution in [1.29, 1.82) is 0 Å². The summed E-state index contributed by atoms with van der Waals surface area (Å²) in [4.78, 5) is 14.2. The summed E-state index contributed by atoms with van der Waals surface area (Å²) < 4.78 is 0. The quantitative estimate of drug-likeness (QED) is 0.885. The Kier molecular flexibility index (Phi) is 8.26. The van der Waals surface area contributed by atoms with Crippen molar-refractivity contribution in [2.45, 2.75) is 38.4 Å². The standard InChI is InChI=1S/C15H23N3O.2ClH/c1-15(2,16)14(19)17-13-8-9-18(11-13)10-12-6-4-3-5-7-12;;/h3-7,13H,8-11,16H2,1-2H3,(H,17,19);2*1H. The Labute approximate surface area is 139 Å². The van der Waals surface area contributed by atoms with Gasteiger partial charge in [0.2, 0.25) is 5.91 Å². The zero-order valence-corrected chi connectivity index (χ0v) is 14.2. The van der Waals surface area contributed by atoms with Gasteiger partial charge in [-0.05, 0) is 25.8 Å². The molecule has 2 rings (SSSR count). The third-order valence-electron chi connectivity index (χ3n) is 3.44. The molecular formula is C15H25Cl2N3O. The van der Waals surface area contributed by atoms with E-state index in [1.54, 1.807) is 13.8 Å². The third-order valence-corrected chi connectivity index (χ3v) is 3.44. The molecule has 0 radical (unpaired) electrons. The number of carbonyl (C=O) groups excluding carboxylic acids is 1. The van der Waals surface area contributed by atoms with Crippen molar-refractivity contribution in [1.82, 2.24) is 10.2 Å². The van der Waals surface area contributed by atoms with Crippen LogP contribution in [-0.2, 0) is 11.3 Å². The highest BCUT2D eigenvalue weighted by atomic mass is 35.5. The Balaban J connectivity index is 0.00000200. The fourth-order valence-electron chi connectivity index (χ4n) is 2.31. The Bertz CT molecular complexity index is 434. The number of hydrogen-bond acceptors (Lipinski definition) is 3. The summed E-state index contributed by atoms with van der Waals surface area (Å²) >= 11 is 0. The van der Waals surface area contributed by atoms with Crippen molar-refractivity contribution < 1.29 is 4.79 Å². The lowest BCUT2D eigenvalue weighted by Gasteiger charge is -2.22. The molecule has 0 aromatic heterocycles. The van der Waals surface area contributed by atoms with Gasteiger partial charge in [-0.1, -0.05) is 30.3 Å². The van der Waals surface area contributed by atoms with Gasteiger partial charge >= 0.3 is 0 Å². The summed E-state index contributed by atoms with van der Waals surface area (Å²) in [7, 11) is 0. The van der Waals surface area contributed by atoms with Crippen LogP contribution in [0.15, 0.2) is 30.3 Å². The van der Waals surface area contributed by atoms with Crippen LogP contribution in [0.2, 0.25) is 0 Å². The van der Waals surface area contributed by atoms with Crippen molar-refractivity contribution in [2.75, 3.05) is 13.1 Å². The smallest absolute Gasteiger partial charge is 0.239 e. The van der Waals surface area contributed by atoms with Gasteiger partial charge in [0.15, 0.2) is 0 Å². The second-order valence-corrected chi connectivity index (χ2v) is 5.90. The van der Waals surface area contributed by atoms with E-state index < -0.39 is 5.54 Å². The van der Waals surface area contributed by atoms with Gasteiger partial charge in [-0.2, -0.15) is 0 Å². The van der Waals surface area contributed by atoms with Gasteiger partial charge in [0.25, 0.3) is 0 Å². The Morgan fingerprint density at radius 2 is 1.95 bits per heavy atom. The molecule has 6 heteroatoms. The number of benzene rings is 1. The summed E-state index contributed by atoms with van der Waals surface area (Å²) in [5.74, 6) is -0.0703. The highest BCUT2D eigenvalue weighted by molar-refractivity contribution is 5.86. The fourth-order valence-corrected chi connectivity index (χ4v) is 2.31. The lowest BCUT2D eigenvalue weighted by atomic mass is 10.1. The average Bonchev–Trinajstić information content (AvgIpc) is 2.76. The molecule has 1 saturated heterocycles. The molecule has 3 N–H and O–H groups in total. The first kappa shape index (κ1) is 20.2. The second kappa shape index (κ2) is 8.59. The van der Waals surface area contributed by atoms with Crippen molar-refractivity contribution in [3.05, 3.63) is 35.9 Å². The van der Waals surface area contributed by atoms with E-state index in [2.05, 4.69) is 34.5 Å². The van der Waals surface area contributed by atoms with Gasteiger partial charge in [-0.15, -0.1) is 24.8 Å². The van der Waals surface area contributed by atoms with Gasteiger partial charge in [-0.3, -0.25) is 9.69 Å². The minimum atomic E-state index is -0.799. The van der Waals surface area contributed by atoms with Gasteiger partial charge in [0.05, 0.1) is 5.54 Å². The van der Waals surface area contributed by atoms with E-state index in [4.69, 9.17) is 5.73 Å². The van der Waals surface area contributed by atoms with Crippen molar-refractivity contribution >= 4 is 30.7 Å². The largest absolute Gasteiger partial charge is 0.350 e. The fraction of sp³-hybridized carbons (Fsp3) is 0.533. The Morgan fingerprint density at radius 3 is 2.52 bits per heavy atom. The predicted molar refractivity (Wildman–Crippen MR) is 91.0 cm³/mol. The van der Waals surface area contributed by atoms with Crippen LogP contribution in [0.4, 0.5) is 0 Å². The van der Waals surface area contributed by atoms with Crippen LogP contribution < -0.4 is 11.1 Å². The zero-order chi connectivity index (χ0) is 13.9. The van der Waals surface area contributed by atoms with Gasteiger partial charge < -0.3 is 11.1 Å². The number of nitrogens with zero attached hydrogens (tertiary/aromatic N) is 1. The van der Waals surface area contributed by atoms with Crippen molar-refractivity contribution in [3.8, 4) is 0 Å². The zero-order valence-electron chi connectivity index (χ0n) is 12.5. The predicted octanol–water partition coefficient (Wildman–Crippen LogP) is 1.96. The summed E-state index contributed by atoms with van der Waals surface area (Å²) in [5, 5.41) is 3.03. The average molecular weight is 334 g/mol. The Morgan fingerprint density at radius 1 is 1.33 bits per heavy atom. The second-order valence-electron chi connectivity index (χ2n) is 5.90. The lowest BCUT2D eigenvalue weighted by molar-refractivity contribution is -0.125. The topological polar surface area (TPSA) is 58.4 Å². The number of rotatable bonds is 4. The van der Waals surface area contributed by atoms with E-state index in [9.17, 15) is 4.79 Å². The highest BCUT2D eigenvalue weighted by Crippen LogP contribution is 2.14. The number of carbonyl (C=O) groups is 1. The maximum Gasteiger partial charge on any atom is 0.239 e. The van der Waals surface area contributed by atoms with Crippen LogP contribution in [0.3, 0.4) is 0 Å². The molecule has 0 aliphatic carbocycles. The molecule has 1 amide bonds. The number of nitrogens with one attached hydrogen (secondary N) is 1. The molecule has 0 bridgehead atoms. The van der Waals surface area contributed by atoms with Crippen LogP contribution >= 0.6 is 24.8 Å². The van der Waals surface area contributed by atoms with Crippen molar-refractivity contribution in [3.63, 3.8) is 0 Å². The first-order valence-corrected chi connectivity index (χ1v) is 6.81. The monoisotopic (exact) mass is 333 g/mol. The summed E-state index contributed by atoms with van der Waals surface area (Å²) in [6.07, 6.45) is 0.995. The molecule has 1 aliphatic heterocycles. The number of amides is 1. The summed E-state index contributed by atoms with van der Waals surface area (Å²) in [6, 6.07) is 10.6. The first-order valence-electron chi connectivity index (χ1n) is 6.81. The van der Waals surface area contributed by atoms with E-state index in [1.165, 1.54) is 5.56 Å². The van der Waals surface area contributed by atoms with E-state index in [-0.39, 0.29) is 36.8 Å². The molecule has 120 valence electrons. The summed E-state index contributed by atoms with van der Waals surface area (Å²) in [5.41, 5.74) is 6.30. The van der Waals surface area contributed by atoms with Gasteiger partial charge in [0, 0.05) is 25.7 Å². The molecule has 21 heavy (non-hydrogen) atoms. The van der Waals surface area contributed by atoms with E-state index in [1.807, 2.05) is 6.07 Å². The molecule has 1 heterocycles. The molecule has 4 nitrogen and oxygen atoms in total. The molecule has 1 aliphatic rings. The van der Waals surface area contributed by atoms with Crippen LogP contribution in [-0.4, -0.2) is 35.5 Å². The molecule has 1 unspecified atom stereocenters. The number of hydrogen-bond donors (Lipinski definition) is 2. The van der Waals surface area contributed by atoms with Gasteiger partial charge in [-0.25, -0.2) is 0 Å². The van der Waals surface area contributed by atoms with E-state index >= 15 is 0 Å². The molecule has 1 atom stereocenters. The summed E-state index contributed by atoms with van der Waals surface area (Å²) in [6.45, 7) is 6.33. The number of halogens is 2. The molecule has 1 aromatic carbocycles. The van der Waals surface area contributed by atoms with E-state index in [0.29, 0.717) is 0 Å². The highest BCUT2D eigenvalue weighted by Gasteiger charge is 2.28. The number of likely N-dealkylation sites (tertiary alicyclic amines) is 1. The van der Waals surface area contributed by atoms with Gasteiger partial charge in [0.1, 0.15) is 0 Å². The van der Waals surface area contributed by atoms with Crippen LogP contribution in [0.25, 0.3) is 0 Å². The van der Waals surface area contributed by atoms with Crippen molar-refractivity contribution in [2.24, 2.45) is 5.73 Å². The third kappa shape index (κ3) is 6.22. The molecule has 0 saturated carbocycles. The maximum atomic E-state index is 11.8.